The summed E-state index contributed by atoms with van der Waals surface area (Å²) in [5.41, 5.74) is 0.377. The van der Waals surface area contributed by atoms with Crippen molar-refractivity contribution in [2.24, 2.45) is 0 Å². The summed E-state index contributed by atoms with van der Waals surface area (Å²) in [5.74, 6) is 0. The van der Waals surface area contributed by atoms with Gasteiger partial charge in [-0.15, -0.1) is 0 Å². The fourth-order valence-electron chi connectivity index (χ4n) is 2.13. The molecular weight excluding hydrogens is 197 g/mol. The number of hydrogen-bond acceptors (Lipinski definition) is 3. The third-order valence-electron chi connectivity index (χ3n) is 3.61. The molecule has 0 aromatic carbocycles. The maximum Gasteiger partial charge on any atom is 0.0926 e. The van der Waals surface area contributed by atoms with Crippen LogP contribution in [-0.2, 0) is 9.30 Å². The molecule has 0 N–H and O–H groups in total. The van der Waals surface area contributed by atoms with Gasteiger partial charge in [0.2, 0.25) is 0 Å². The van der Waals surface area contributed by atoms with Gasteiger partial charge in [-0.1, -0.05) is 13.8 Å². The van der Waals surface area contributed by atoms with Crippen molar-refractivity contribution < 1.29 is 9.30 Å². The summed E-state index contributed by atoms with van der Waals surface area (Å²) in [4.78, 5) is 2.45. The van der Waals surface area contributed by atoms with Crippen LogP contribution in [0, 0.1) is 0 Å². The lowest BCUT2D eigenvalue weighted by atomic mass is 10.2. The minimum atomic E-state index is -1.83. The maximum atomic E-state index is 12.3. The molecule has 14 heavy (non-hydrogen) atoms. The lowest BCUT2D eigenvalue weighted by Crippen LogP contribution is -2.52. The van der Waals surface area contributed by atoms with Crippen LogP contribution in [-0.4, -0.2) is 55.2 Å². The van der Waals surface area contributed by atoms with Crippen LogP contribution >= 0.6 is 7.14 Å². The Hall–Kier alpha value is 0.150. The van der Waals surface area contributed by atoms with Gasteiger partial charge >= 0.3 is 0 Å². The van der Waals surface area contributed by atoms with Crippen molar-refractivity contribution in [3.8, 4) is 0 Å². The molecule has 82 valence electrons. The standard InChI is InChI=1S/C10H20NO2P/c1-9(2)14(12)5-3-11(4-6-14)10-7-13-8-10/h9-10H,3-8H2,1-2H3. The Kier molecular flexibility index (Phi) is 3.01. The monoisotopic (exact) mass is 217 g/mol. The summed E-state index contributed by atoms with van der Waals surface area (Å²) in [5, 5.41) is 0. The average molecular weight is 217 g/mol. The quantitative estimate of drug-likeness (QED) is 0.656. The highest BCUT2D eigenvalue weighted by molar-refractivity contribution is 7.64. The van der Waals surface area contributed by atoms with Crippen LogP contribution in [0.2, 0.25) is 0 Å². The van der Waals surface area contributed by atoms with E-state index in [1.807, 2.05) is 0 Å². The van der Waals surface area contributed by atoms with Gasteiger partial charge in [0.05, 0.1) is 26.4 Å². The Labute approximate surface area is 86.2 Å². The normalized spacial score (nSPS) is 29.1. The highest BCUT2D eigenvalue weighted by atomic mass is 31.2. The van der Waals surface area contributed by atoms with Crippen molar-refractivity contribution in [1.29, 1.82) is 0 Å². The van der Waals surface area contributed by atoms with Gasteiger partial charge in [-0.05, 0) is 0 Å². The molecule has 2 fully saturated rings. The third kappa shape index (κ3) is 1.91. The number of rotatable bonds is 2. The molecule has 2 heterocycles. The van der Waals surface area contributed by atoms with Gasteiger partial charge in [0.25, 0.3) is 0 Å². The van der Waals surface area contributed by atoms with Crippen LogP contribution in [0.5, 0.6) is 0 Å². The molecule has 2 rings (SSSR count). The number of nitrogens with zero attached hydrogens (tertiary/aromatic N) is 1. The Morgan fingerprint density at radius 3 is 2.21 bits per heavy atom. The predicted molar refractivity (Wildman–Crippen MR) is 58.7 cm³/mol. The van der Waals surface area contributed by atoms with E-state index in [1.165, 1.54) is 0 Å². The van der Waals surface area contributed by atoms with Gasteiger partial charge in [-0.2, -0.15) is 0 Å². The van der Waals surface area contributed by atoms with Crippen LogP contribution in [0.1, 0.15) is 13.8 Å². The summed E-state index contributed by atoms with van der Waals surface area (Å²) in [6.07, 6.45) is 1.84. The second kappa shape index (κ2) is 3.96. The topological polar surface area (TPSA) is 29.5 Å². The molecule has 2 saturated heterocycles. The molecule has 3 nitrogen and oxygen atoms in total. The molecule has 0 aliphatic carbocycles. The van der Waals surface area contributed by atoms with Crippen molar-refractivity contribution in [1.82, 2.24) is 4.90 Å². The van der Waals surface area contributed by atoms with E-state index in [0.717, 1.165) is 38.6 Å². The van der Waals surface area contributed by atoms with E-state index in [4.69, 9.17) is 4.74 Å². The minimum absolute atomic E-state index is 0.377. The Morgan fingerprint density at radius 2 is 1.86 bits per heavy atom. The number of ether oxygens (including phenoxy) is 1. The summed E-state index contributed by atoms with van der Waals surface area (Å²) in [6, 6.07) is 0.621. The lowest BCUT2D eigenvalue weighted by molar-refractivity contribution is -0.0621. The minimum Gasteiger partial charge on any atom is -0.378 e. The Morgan fingerprint density at radius 1 is 1.29 bits per heavy atom. The molecule has 0 bridgehead atoms. The van der Waals surface area contributed by atoms with Crippen LogP contribution < -0.4 is 0 Å². The maximum absolute atomic E-state index is 12.3. The summed E-state index contributed by atoms with van der Waals surface area (Å²) >= 11 is 0. The van der Waals surface area contributed by atoms with Crippen LogP contribution in [0.25, 0.3) is 0 Å². The first-order valence-electron chi connectivity index (χ1n) is 5.51. The van der Waals surface area contributed by atoms with E-state index in [2.05, 4.69) is 18.7 Å². The largest absolute Gasteiger partial charge is 0.378 e. The van der Waals surface area contributed by atoms with Crippen LogP contribution in [0.3, 0.4) is 0 Å². The van der Waals surface area contributed by atoms with Crippen LogP contribution in [0.15, 0.2) is 0 Å². The molecule has 0 amide bonds. The number of hydrogen-bond donors (Lipinski definition) is 0. The molecule has 0 atom stereocenters. The zero-order valence-corrected chi connectivity index (χ0v) is 10.0. The molecule has 0 saturated carbocycles. The van der Waals surface area contributed by atoms with Crippen LogP contribution in [0.4, 0.5) is 0 Å². The Balaban J connectivity index is 1.88. The first-order chi connectivity index (χ1) is 6.62. The fourth-order valence-corrected chi connectivity index (χ4v) is 4.58. The smallest absolute Gasteiger partial charge is 0.0926 e. The van der Waals surface area contributed by atoms with E-state index in [9.17, 15) is 4.57 Å². The van der Waals surface area contributed by atoms with E-state index in [1.54, 1.807) is 0 Å². The SMILES string of the molecule is CC(C)P1(=O)CCN(C2COC2)CC1. The average Bonchev–Trinajstić information content (AvgIpc) is 2.06. The van der Waals surface area contributed by atoms with Gasteiger partial charge < -0.3 is 9.30 Å². The predicted octanol–water partition coefficient (Wildman–Crippen LogP) is 1.47. The summed E-state index contributed by atoms with van der Waals surface area (Å²) in [7, 11) is -1.83. The van der Waals surface area contributed by atoms with Crippen molar-refractivity contribution >= 4 is 7.14 Å². The van der Waals surface area contributed by atoms with Gasteiger partial charge in [-0.3, -0.25) is 4.90 Å². The molecule has 0 radical (unpaired) electrons. The molecule has 0 spiro atoms. The van der Waals surface area contributed by atoms with E-state index in [0.29, 0.717) is 11.7 Å². The van der Waals surface area contributed by atoms with E-state index >= 15 is 0 Å². The second-order valence-electron chi connectivity index (χ2n) is 4.72. The molecule has 4 heteroatoms. The van der Waals surface area contributed by atoms with E-state index in [-0.39, 0.29) is 0 Å². The van der Waals surface area contributed by atoms with Gasteiger partial charge in [-0.25, -0.2) is 0 Å². The van der Waals surface area contributed by atoms with Crippen molar-refractivity contribution in [2.45, 2.75) is 25.5 Å². The van der Waals surface area contributed by atoms with Gasteiger partial charge in [0.15, 0.2) is 0 Å². The zero-order valence-electron chi connectivity index (χ0n) is 9.11. The highest BCUT2D eigenvalue weighted by Crippen LogP contribution is 2.52. The van der Waals surface area contributed by atoms with Crippen molar-refractivity contribution in [3.63, 3.8) is 0 Å². The first-order valence-corrected chi connectivity index (χ1v) is 7.66. The summed E-state index contributed by atoms with van der Waals surface area (Å²) in [6.45, 7) is 8.00. The molecule has 0 aromatic heterocycles. The molecule has 2 aliphatic rings. The van der Waals surface area contributed by atoms with Gasteiger partial charge in [0.1, 0.15) is 0 Å². The van der Waals surface area contributed by atoms with Crippen molar-refractivity contribution in [2.75, 3.05) is 38.6 Å². The molecule has 0 aromatic rings. The van der Waals surface area contributed by atoms with E-state index < -0.39 is 7.14 Å². The highest BCUT2D eigenvalue weighted by Gasteiger charge is 2.35. The molecule has 0 unspecified atom stereocenters. The lowest BCUT2D eigenvalue weighted by Gasteiger charge is -2.42. The fraction of sp³-hybridized carbons (Fsp3) is 1.00. The molecular formula is C10H20NO2P. The first kappa shape index (κ1) is 10.7. The van der Waals surface area contributed by atoms with Gasteiger partial charge in [0, 0.05) is 31.1 Å². The zero-order chi connectivity index (χ0) is 10.2. The second-order valence-corrected chi connectivity index (χ2v) is 8.55. The molecule has 2 aliphatic heterocycles. The Bertz CT molecular complexity index is 239. The third-order valence-corrected chi connectivity index (χ3v) is 7.41. The van der Waals surface area contributed by atoms with Crippen molar-refractivity contribution in [3.05, 3.63) is 0 Å². The summed E-state index contributed by atoms with van der Waals surface area (Å²) < 4.78 is 17.5.